The minimum atomic E-state index is -1.88. The number of esters is 6. The van der Waals surface area contributed by atoms with Crippen LogP contribution in [0.4, 0.5) is 0 Å². The number of carbonyl (C=O) groups excluding carboxylic acids is 6. The van der Waals surface area contributed by atoms with Gasteiger partial charge in [0.2, 0.25) is 0 Å². The SMILES string of the molecule is CC(=O)OC[C@H]1O[C@@H](OC[C@H]2OC(O)[C@H](OC(C)=O)[C@@H](OC(C)=O)[C@H]2OC(C)=O)[C@H](O)[C@@H](OC(C)=O)[C@H]1OC(C)=O. The van der Waals surface area contributed by atoms with Gasteiger partial charge in [0.25, 0.3) is 0 Å². The second-order valence-corrected chi connectivity index (χ2v) is 9.10. The van der Waals surface area contributed by atoms with Gasteiger partial charge in [0.05, 0.1) is 6.61 Å². The first-order chi connectivity index (χ1) is 19.1. The number of carbonyl (C=O) groups is 6. The van der Waals surface area contributed by atoms with Crippen molar-refractivity contribution in [1.29, 1.82) is 0 Å². The fraction of sp³-hybridized carbons (Fsp3) is 0.750. The van der Waals surface area contributed by atoms with Gasteiger partial charge in [-0.05, 0) is 0 Å². The van der Waals surface area contributed by atoms with Crippen LogP contribution in [-0.2, 0) is 71.4 Å². The van der Waals surface area contributed by atoms with Crippen LogP contribution in [-0.4, -0.2) is 121 Å². The molecule has 0 aromatic carbocycles. The summed E-state index contributed by atoms with van der Waals surface area (Å²) in [5, 5.41) is 21.4. The van der Waals surface area contributed by atoms with Gasteiger partial charge in [-0.2, -0.15) is 0 Å². The molecule has 0 aromatic heterocycles. The van der Waals surface area contributed by atoms with E-state index < -0.39 is 110 Å². The average Bonchev–Trinajstić information content (AvgIpc) is 2.83. The number of hydrogen-bond donors (Lipinski definition) is 2. The van der Waals surface area contributed by atoms with Gasteiger partial charge in [-0.25, -0.2) is 0 Å². The van der Waals surface area contributed by atoms with E-state index >= 15 is 0 Å². The Balaban J connectivity index is 2.35. The van der Waals surface area contributed by atoms with Crippen LogP contribution < -0.4 is 0 Å². The van der Waals surface area contributed by atoms with Crippen molar-refractivity contribution in [3.05, 3.63) is 0 Å². The highest BCUT2D eigenvalue weighted by Gasteiger charge is 2.54. The van der Waals surface area contributed by atoms with Gasteiger partial charge in [0.1, 0.15) is 24.9 Å². The predicted molar refractivity (Wildman–Crippen MR) is 126 cm³/mol. The van der Waals surface area contributed by atoms with Crippen LogP contribution >= 0.6 is 0 Å². The van der Waals surface area contributed by atoms with Crippen molar-refractivity contribution < 1.29 is 81.6 Å². The van der Waals surface area contributed by atoms with E-state index in [-0.39, 0.29) is 0 Å². The first-order valence-corrected chi connectivity index (χ1v) is 12.4. The maximum Gasteiger partial charge on any atom is 0.303 e. The Morgan fingerprint density at radius 2 is 0.951 bits per heavy atom. The van der Waals surface area contributed by atoms with Crippen LogP contribution in [0.1, 0.15) is 41.5 Å². The third-order valence-electron chi connectivity index (χ3n) is 5.61. The van der Waals surface area contributed by atoms with Crippen molar-refractivity contribution in [2.24, 2.45) is 0 Å². The quantitative estimate of drug-likeness (QED) is 0.206. The summed E-state index contributed by atoms with van der Waals surface area (Å²) >= 11 is 0. The van der Waals surface area contributed by atoms with Crippen LogP contribution in [0.25, 0.3) is 0 Å². The van der Waals surface area contributed by atoms with Gasteiger partial charge < -0.3 is 52.8 Å². The maximum absolute atomic E-state index is 11.9. The van der Waals surface area contributed by atoms with Crippen molar-refractivity contribution in [2.75, 3.05) is 13.2 Å². The van der Waals surface area contributed by atoms with Gasteiger partial charge in [-0.3, -0.25) is 28.8 Å². The van der Waals surface area contributed by atoms with Gasteiger partial charge in [-0.15, -0.1) is 0 Å². The van der Waals surface area contributed by atoms with Crippen molar-refractivity contribution in [3.8, 4) is 0 Å². The van der Waals surface area contributed by atoms with Crippen molar-refractivity contribution in [3.63, 3.8) is 0 Å². The second kappa shape index (κ2) is 15.0. The minimum absolute atomic E-state index is 0.495. The van der Waals surface area contributed by atoms with E-state index in [2.05, 4.69) is 0 Å². The van der Waals surface area contributed by atoms with Crippen molar-refractivity contribution in [2.45, 2.75) is 103 Å². The standard InChI is InChI=1S/C24H34O17/c1-9(25)33-7-16-18(35-10(2)26)20(37-12(4)28)17(31)24(41-16)34-8-15-19(36-11(3)27)21(38-13(5)29)22(23(32)40-15)39-14(6)30/h15-24,31-32H,7-8H2,1-6H3/t15-,16-,17-,18+,19+,20-,21+,22-,23?,24-/m1/s1. The highest BCUT2D eigenvalue weighted by molar-refractivity contribution is 5.69. The molecule has 41 heavy (non-hydrogen) atoms. The average molecular weight is 595 g/mol. The van der Waals surface area contributed by atoms with E-state index in [1.807, 2.05) is 0 Å². The molecule has 2 aliphatic heterocycles. The number of rotatable bonds is 10. The Morgan fingerprint density at radius 1 is 0.537 bits per heavy atom. The molecule has 232 valence electrons. The summed E-state index contributed by atoms with van der Waals surface area (Å²) in [6.45, 7) is 5.21. The molecule has 0 amide bonds. The molecule has 10 atom stereocenters. The number of aliphatic hydroxyl groups excluding tert-OH is 2. The normalized spacial score (nSPS) is 33.1. The first-order valence-electron chi connectivity index (χ1n) is 12.4. The molecule has 0 aliphatic carbocycles. The van der Waals surface area contributed by atoms with Gasteiger partial charge in [0, 0.05) is 41.5 Å². The Kier molecular flexibility index (Phi) is 12.4. The van der Waals surface area contributed by atoms with E-state index in [0.29, 0.717) is 0 Å². The zero-order chi connectivity index (χ0) is 31.0. The largest absolute Gasteiger partial charge is 0.463 e. The topological polar surface area (TPSA) is 226 Å². The maximum atomic E-state index is 11.9. The highest BCUT2D eigenvalue weighted by atomic mass is 16.7. The smallest absolute Gasteiger partial charge is 0.303 e. The second-order valence-electron chi connectivity index (χ2n) is 9.10. The zero-order valence-electron chi connectivity index (χ0n) is 23.2. The fourth-order valence-corrected chi connectivity index (χ4v) is 4.22. The minimum Gasteiger partial charge on any atom is -0.463 e. The Bertz CT molecular complexity index is 981. The van der Waals surface area contributed by atoms with Gasteiger partial charge in [-0.1, -0.05) is 0 Å². The van der Waals surface area contributed by atoms with Crippen molar-refractivity contribution >= 4 is 35.8 Å². The summed E-state index contributed by atoms with van der Waals surface area (Å²) in [7, 11) is 0. The van der Waals surface area contributed by atoms with Gasteiger partial charge in [0.15, 0.2) is 43.1 Å². The van der Waals surface area contributed by atoms with Crippen LogP contribution in [0.15, 0.2) is 0 Å². The van der Waals surface area contributed by atoms with Crippen LogP contribution in [0.5, 0.6) is 0 Å². The summed E-state index contributed by atoms with van der Waals surface area (Å²) in [6, 6.07) is 0. The summed E-state index contributed by atoms with van der Waals surface area (Å²) in [5.74, 6) is -4.96. The molecule has 17 heteroatoms. The first kappa shape index (κ1) is 33.8. The molecule has 1 unspecified atom stereocenters. The summed E-state index contributed by atoms with van der Waals surface area (Å²) < 4.78 is 47.5. The molecule has 0 radical (unpaired) electrons. The molecule has 17 nitrogen and oxygen atoms in total. The molecule has 0 aromatic rings. The van der Waals surface area contributed by atoms with Crippen LogP contribution in [0, 0.1) is 0 Å². The van der Waals surface area contributed by atoms with Gasteiger partial charge >= 0.3 is 35.8 Å². The highest BCUT2D eigenvalue weighted by Crippen LogP contribution is 2.31. The molecular weight excluding hydrogens is 560 g/mol. The van der Waals surface area contributed by atoms with E-state index in [9.17, 15) is 39.0 Å². The molecule has 0 saturated carbocycles. The van der Waals surface area contributed by atoms with Crippen LogP contribution in [0.3, 0.4) is 0 Å². The van der Waals surface area contributed by atoms with Crippen LogP contribution in [0.2, 0.25) is 0 Å². The molecule has 0 bridgehead atoms. The molecular formula is C24H34O17. The molecule has 2 heterocycles. The Hall–Kier alpha value is -3.38. The molecule has 0 spiro atoms. The molecule has 2 aliphatic rings. The third kappa shape index (κ3) is 9.89. The third-order valence-corrected chi connectivity index (χ3v) is 5.61. The lowest BCUT2D eigenvalue weighted by molar-refractivity contribution is -0.329. The molecule has 2 fully saturated rings. The summed E-state index contributed by atoms with van der Waals surface area (Å²) in [6.07, 6.45) is -15.5. The Morgan fingerprint density at radius 3 is 1.44 bits per heavy atom. The number of aliphatic hydroxyl groups is 2. The Labute approximate surface area is 234 Å². The van der Waals surface area contributed by atoms with Crippen molar-refractivity contribution in [1.82, 2.24) is 0 Å². The zero-order valence-corrected chi connectivity index (χ0v) is 23.2. The summed E-state index contributed by atoms with van der Waals surface area (Å²) in [5.41, 5.74) is 0. The lowest BCUT2D eigenvalue weighted by atomic mass is 9.97. The summed E-state index contributed by atoms with van der Waals surface area (Å²) in [4.78, 5) is 70.1. The number of ether oxygens (including phenoxy) is 9. The van der Waals surface area contributed by atoms with E-state index in [0.717, 1.165) is 41.5 Å². The number of hydrogen-bond acceptors (Lipinski definition) is 17. The predicted octanol–water partition coefficient (Wildman–Crippen LogP) is -1.97. The van der Waals surface area contributed by atoms with E-state index in [4.69, 9.17) is 42.6 Å². The molecule has 2 N–H and O–H groups in total. The van der Waals surface area contributed by atoms with E-state index in [1.165, 1.54) is 0 Å². The molecule has 2 saturated heterocycles. The monoisotopic (exact) mass is 594 g/mol. The lowest BCUT2D eigenvalue weighted by Crippen LogP contribution is -2.64. The lowest BCUT2D eigenvalue weighted by Gasteiger charge is -2.45. The molecule has 2 rings (SSSR count). The fourth-order valence-electron chi connectivity index (χ4n) is 4.22. The van der Waals surface area contributed by atoms with E-state index in [1.54, 1.807) is 0 Å².